The van der Waals surface area contributed by atoms with Crippen LogP contribution in [-0.2, 0) is 9.47 Å². The van der Waals surface area contributed by atoms with E-state index in [1.165, 1.54) is 44.3 Å². The molecular formula is C29H28F2N2O6. The molecule has 2 aromatic carbocycles. The second-order valence-electron chi connectivity index (χ2n) is 9.21. The molecule has 1 aliphatic carbocycles. The molecule has 3 aromatic rings. The van der Waals surface area contributed by atoms with Crippen LogP contribution in [0.2, 0.25) is 0 Å². The van der Waals surface area contributed by atoms with Gasteiger partial charge in [-0.15, -0.1) is 0 Å². The van der Waals surface area contributed by atoms with Gasteiger partial charge in [0, 0.05) is 22.9 Å². The highest BCUT2D eigenvalue weighted by Crippen LogP contribution is 2.45. The van der Waals surface area contributed by atoms with Gasteiger partial charge in [0.15, 0.2) is 5.69 Å². The van der Waals surface area contributed by atoms with E-state index < -0.39 is 35.4 Å². The number of ether oxygens (including phenoxy) is 2. The quantitative estimate of drug-likeness (QED) is 0.288. The van der Waals surface area contributed by atoms with Gasteiger partial charge in [-0.3, -0.25) is 9.59 Å². The third kappa shape index (κ3) is 5.45. The number of rotatable bonds is 8. The van der Waals surface area contributed by atoms with E-state index >= 15 is 0 Å². The molecule has 0 aliphatic heterocycles. The van der Waals surface area contributed by atoms with Crippen LogP contribution in [0.5, 0.6) is 0 Å². The fourth-order valence-corrected chi connectivity index (χ4v) is 4.21. The van der Waals surface area contributed by atoms with E-state index in [0.717, 1.165) is 16.8 Å². The van der Waals surface area contributed by atoms with Gasteiger partial charge < -0.3 is 9.47 Å². The molecule has 39 heavy (non-hydrogen) atoms. The molecule has 0 N–H and O–H groups in total. The van der Waals surface area contributed by atoms with Gasteiger partial charge in [-0.1, -0.05) is 12.1 Å². The molecule has 0 radical (unpaired) electrons. The zero-order valence-electron chi connectivity index (χ0n) is 22.0. The van der Waals surface area contributed by atoms with Gasteiger partial charge in [0.25, 0.3) is 11.8 Å². The van der Waals surface area contributed by atoms with Gasteiger partial charge in [0.1, 0.15) is 11.6 Å². The molecule has 1 saturated carbocycles. The number of halogens is 2. The van der Waals surface area contributed by atoms with Gasteiger partial charge in [-0.25, -0.2) is 23.0 Å². The molecule has 0 unspecified atom stereocenters. The Bertz CT molecular complexity index is 1410. The molecule has 0 atom stereocenters. The number of aromatic nitrogens is 1. The standard InChI is InChI=1S/C29H28F2N2O6/c1-5-38-28(36)21-15-32(25(29(37)39-6-2)24(21)18-11-12-18)33(26(34)19-9-7-16(3)22(30)13-19)27(35)20-10-8-17(4)23(31)14-20/h7-10,13-15,18H,5-6,11-12H2,1-4H3. The molecular weight excluding hydrogens is 510 g/mol. The molecule has 10 heteroatoms. The first-order valence-corrected chi connectivity index (χ1v) is 12.6. The summed E-state index contributed by atoms with van der Waals surface area (Å²) in [6.07, 6.45) is 2.50. The number of carbonyl (C=O) groups excluding carboxylic acids is 4. The van der Waals surface area contributed by atoms with Crippen LogP contribution in [0.25, 0.3) is 0 Å². The van der Waals surface area contributed by atoms with Gasteiger partial charge in [0.05, 0.1) is 18.8 Å². The highest BCUT2D eigenvalue weighted by molar-refractivity contribution is 6.21. The molecule has 1 aromatic heterocycles. The molecule has 204 valence electrons. The Morgan fingerprint density at radius 3 is 1.77 bits per heavy atom. The SMILES string of the molecule is CCOC(=O)c1cn(N(C(=O)c2ccc(C)c(F)c2)C(=O)c2ccc(C)c(F)c2)c(C(=O)OCC)c1C1CC1. The van der Waals surface area contributed by atoms with E-state index in [4.69, 9.17) is 9.47 Å². The first-order valence-electron chi connectivity index (χ1n) is 12.6. The summed E-state index contributed by atoms with van der Waals surface area (Å²) >= 11 is 0. The number of imide groups is 1. The van der Waals surface area contributed by atoms with Crippen molar-refractivity contribution in [3.8, 4) is 0 Å². The van der Waals surface area contributed by atoms with Crippen molar-refractivity contribution in [1.82, 2.24) is 4.68 Å². The summed E-state index contributed by atoms with van der Waals surface area (Å²) in [5.74, 6) is -5.18. The van der Waals surface area contributed by atoms with Crippen LogP contribution >= 0.6 is 0 Å². The zero-order chi connectivity index (χ0) is 28.4. The second-order valence-corrected chi connectivity index (χ2v) is 9.21. The van der Waals surface area contributed by atoms with Gasteiger partial charge >= 0.3 is 11.9 Å². The average molecular weight is 539 g/mol. The molecule has 2 amide bonds. The van der Waals surface area contributed by atoms with E-state index in [2.05, 4.69) is 0 Å². The highest BCUT2D eigenvalue weighted by Gasteiger charge is 2.40. The molecule has 0 saturated heterocycles. The van der Waals surface area contributed by atoms with E-state index in [9.17, 15) is 28.0 Å². The zero-order valence-corrected chi connectivity index (χ0v) is 22.0. The van der Waals surface area contributed by atoms with E-state index in [-0.39, 0.29) is 52.6 Å². The minimum absolute atomic E-state index is 0.00169. The number of amides is 2. The predicted octanol–water partition coefficient (Wildman–Crippen LogP) is 5.23. The van der Waals surface area contributed by atoms with Crippen molar-refractivity contribution in [3.63, 3.8) is 0 Å². The highest BCUT2D eigenvalue weighted by atomic mass is 19.1. The second kappa shape index (κ2) is 11.2. The van der Waals surface area contributed by atoms with Crippen molar-refractivity contribution >= 4 is 23.8 Å². The lowest BCUT2D eigenvalue weighted by Crippen LogP contribution is -2.46. The first kappa shape index (κ1) is 27.7. The van der Waals surface area contributed by atoms with Crippen LogP contribution in [0.15, 0.2) is 42.6 Å². The fraction of sp³-hybridized carbons (Fsp3) is 0.310. The monoisotopic (exact) mass is 538 g/mol. The maximum atomic E-state index is 14.5. The van der Waals surface area contributed by atoms with E-state index in [0.29, 0.717) is 23.4 Å². The van der Waals surface area contributed by atoms with E-state index in [1.54, 1.807) is 13.8 Å². The Morgan fingerprint density at radius 2 is 1.33 bits per heavy atom. The summed E-state index contributed by atoms with van der Waals surface area (Å²) in [5, 5.41) is 0.592. The minimum atomic E-state index is -1.00. The predicted molar refractivity (Wildman–Crippen MR) is 137 cm³/mol. The lowest BCUT2D eigenvalue weighted by Gasteiger charge is -2.24. The summed E-state index contributed by atoms with van der Waals surface area (Å²) in [7, 11) is 0. The lowest BCUT2D eigenvalue weighted by molar-refractivity contribution is 0.0510. The Labute approximate surface area is 224 Å². The van der Waals surface area contributed by atoms with Crippen molar-refractivity contribution in [2.75, 3.05) is 18.2 Å². The maximum absolute atomic E-state index is 14.5. The number of esters is 2. The van der Waals surface area contributed by atoms with Crippen molar-refractivity contribution < 1.29 is 37.4 Å². The lowest BCUT2D eigenvalue weighted by atomic mass is 10.1. The molecule has 1 aliphatic rings. The van der Waals surface area contributed by atoms with Crippen LogP contribution < -0.4 is 5.01 Å². The van der Waals surface area contributed by atoms with Gasteiger partial charge in [-0.2, -0.15) is 5.01 Å². The van der Waals surface area contributed by atoms with Gasteiger partial charge in [-0.05, 0) is 81.8 Å². The Hall–Kier alpha value is -4.34. The van der Waals surface area contributed by atoms with Crippen LogP contribution in [-0.4, -0.2) is 41.6 Å². The molecule has 8 nitrogen and oxygen atoms in total. The number of aryl methyl sites for hydroxylation is 2. The summed E-state index contributed by atoms with van der Waals surface area (Å²) in [4.78, 5) is 53.9. The van der Waals surface area contributed by atoms with Crippen molar-refractivity contribution in [2.24, 2.45) is 0 Å². The van der Waals surface area contributed by atoms with Gasteiger partial charge in [0.2, 0.25) is 0 Å². The van der Waals surface area contributed by atoms with Crippen molar-refractivity contribution in [1.29, 1.82) is 0 Å². The molecule has 1 heterocycles. The van der Waals surface area contributed by atoms with Crippen molar-refractivity contribution in [3.05, 3.63) is 93.3 Å². The first-order chi connectivity index (χ1) is 18.6. The number of nitrogens with zero attached hydrogens (tertiary/aromatic N) is 2. The largest absolute Gasteiger partial charge is 0.462 e. The van der Waals surface area contributed by atoms with Crippen LogP contribution in [0.3, 0.4) is 0 Å². The average Bonchev–Trinajstić information content (AvgIpc) is 3.67. The normalized spacial score (nSPS) is 12.7. The number of hydrogen-bond donors (Lipinski definition) is 0. The Morgan fingerprint density at radius 1 is 0.846 bits per heavy atom. The number of benzene rings is 2. The minimum Gasteiger partial charge on any atom is -0.462 e. The summed E-state index contributed by atoms with van der Waals surface area (Å²) < 4.78 is 40.3. The topological polar surface area (TPSA) is 94.9 Å². The third-order valence-corrected chi connectivity index (χ3v) is 6.41. The Balaban J connectivity index is 1.99. The summed E-state index contributed by atoms with van der Waals surface area (Å²) in [6.45, 7) is 6.27. The molecule has 0 spiro atoms. The Kier molecular flexibility index (Phi) is 7.94. The molecule has 0 bridgehead atoms. The van der Waals surface area contributed by atoms with Crippen molar-refractivity contribution in [2.45, 2.75) is 46.5 Å². The smallest absolute Gasteiger partial charge is 0.357 e. The van der Waals surface area contributed by atoms with Crippen LogP contribution in [0.4, 0.5) is 8.78 Å². The third-order valence-electron chi connectivity index (χ3n) is 6.41. The summed E-state index contributed by atoms with van der Waals surface area (Å²) in [6, 6.07) is 7.35. The molecule has 4 rings (SSSR count). The van der Waals surface area contributed by atoms with E-state index in [1.807, 2.05) is 0 Å². The maximum Gasteiger partial charge on any atom is 0.357 e. The fourth-order valence-electron chi connectivity index (χ4n) is 4.21. The number of carbonyl (C=O) groups is 4. The van der Waals surface area contributed by atoms with Crippen LogP contribution in [0.1, 0.15) is 90.9 Å². The molecule has 1 fully saturated rings. The number of hydrogen-bond acceptors (Lipinski definition) is 6. The summed E-state index contributed by atoms with van der Waals surface area (Å²) in [5.41, 5.74) is 0.240. The van der Waals surface area contributed by atoms with Crippen LogP contribution in [0, 0.1) is 25.5 Å².